The Morgan fingerprint density at radius 2 is 1.94 bits per heavy atom. The summed E-state index contributed by atoms with van der Waals surface area (Å²) in [6, 6.07) is 4.25. The first-order valence-electron chi connectivity index (χ1n) is 4.42. The lowest BCUT2D eigenvalue weighted by atomic mass is 10.1. The van der Waals surface area contributed by atoms with Gasteiger partial charge < -0.3 is 15.5 Å². The summed E-state index contributed by atoms with van der Waals surface area (Å²) < 4.78 is 0. The highest BCUT2D eigenvalue weighted by Gasteiger charge is 2.19. The molecule has 0 radical (unpaired) electrons. The number of carbonyl (C=O) groups is 1. The summed E-state index contributed by atoms with van der Waals surface area (Å²) >= 11 is 4.76. The predicted molar refractivity (Wildman–Crippen MR) is 61.6 cm³/mol. The molecule has 1 fully saturated rings. The van der Waals surface area contributed by atoms with E-state index in [1.165, 1.54) is 18.2 Å². The first-order valence-corrected chi connectivity index (χ1v) is 4.83. The summed E-state index contributed by atoms with van der Waals surface area (Å²) in [7, 11) is 0. The average Bonchev–Trinajstić information content (AvgIpc) is 2.51. The molecule has 1 saturated heterocycles. The minimum absolute atomic E-state index is 0.207. The number of benzene rings is 1. The molecule has 0 bridgehead atoms. The number of aromatic hydroxyl groups is 2. The van der Waals surface area contributed by atoms with Crippen molar-refractivity contribution in [1.29, 1.82) is 0 Å². The SMILES string of the molecule is O=C1NC(=S)N/C1=C\c1ccc(O)c(O)c1. The van der Waals surface area contributed by atoms with Crippen LogP contribution in [0.3, 0.4) is 0 Å². The standard InChI is InChI=1S/C10H8N2O3S/c13-7-2-1-5(4-8(7)14)3-6-9(15)12-10(16)11-6/h1-4,13-14H,(H2,11,12,15,16)/b6-3-. The quantitative estimate of drug-likeness (QED) is 0.323. The Morgan fingerprint density at radius 3 is 2.50 bits per heavy atom. The molecule has 5 nitrogen and oxygen atoms in total. The Balaban J connectivity index is 2.32. The summed E-state index contributed by atoms with van der Waals surface area (Å²) in [6.07, 6.45) is 1.52. The maximum Gasteiger partial charge on any atom is 0.273 e. The van der Waals surface area contributed by atoms with Crippen LogP contribution in [0.5, 0.6) is 11.5 Å². The molecule has 1 aliphatic heterocycles. The molecule has 1 heterocycles. The van der Waals surface area contributed by atoms with Crippen LogP contribution < -0.4 is 10.6 Å². The smallest absolute Gasteiger partial charge is 0.273 e. The summed E-state index contributed by atoms with van der Waals surface area (Å²) in [5, 5.41) is 23.7. The van der Waals surface area contributed by atoms with Crippen LogP contribution in [0.15, 0.2) is 23.9 Å². The molecule has 1 amide bonds. The molecule has 1 aliphatic rings. The third-order valence-electron chi connectivity index (χ3n) is 2.03. The molecule has 2 rings (SSSR count). The summed E-state index contributed by atoms with van der Waals surface area (Å²) in [4.78, 5) is 11.3. The fraction of sp³-hybridized carbons (Fsp3) is 0. The third kappa shape index (κ3) is 1.96. The molecule has 16 heavy (non-hydrogen) atoms. The van der Waals surface area contributed by atoms with Gasteiger partial charge in [-0.05, 0) is 36.0 Å². The van der Waals surface area contributed by atoms with Gasteiger partial charge in [0.1, 0.15) is 5.70 Å². The van der Waals surface area contributed by atoms with Crippen molar-refractivity contribution in [2.24, 2.45) is 0 Å². The topological polar surface area (TPSA) is 81.6 Å². The number of hydrogen-bond donors (Lipinski definition) is 4. The van der Waals surface area contributed by atoms with Crippen LogP contribution in [0.25, 0.3) is 6.08 Å². The lowest BCUT2D eigenvalue weighted by Gasteiger charge is -1.99. The van der Waals surface area contributed by atoms with Crippen molar-refractivity contribution >= 4 is 29.3 Å². The van der Waals surface area contributed by atoms with Crippen molar-refractivity contribution in [3.8, 4) is 11.5 Å². The minimum atomic E-state index is -0.322. The van der Waals surface area contributed by atoms with Gasteiger partial charge in [0.15, 0.2) is 16.6 Å². The van der Waals surface area contributed by atoms with E-state index >= 15 is 0 Å². The van der Waals surface area contributed by atoms with Gasteiger partial charge in [-0.2, -0.15) is 0 Å². The Bertz CT molecular complexity index is 511. The second-order valence-electron chi connectivity index (χ2n) is 3.21. The number of rotatable bonds is 1. The third-order valence-corrected chi connectivity index (χ3v) is 2.23. The highest BCUT2D eigenvalue weighted by molar-refractivity contribution is 7.80. The van der Waals surface area contributed by atoms with Gasteiger partial charge >= 0.3 is 0 Å². The van der Waals surface area contributed by atoms with E-state index < -0.39 is 0 Å². The Labute approximate surface area is 96.4 Å². The number of hydrogen-bond acceptors (Lipinski definition) is 4. The van der Waals surface area contributed by atoms with Crippen molar-refractivity contribution < 1.29 is 15.0 Å². The minimum Gasteiger partial charge on any atom is -0.504 e. The van der Waals surface area contributed by atoms with Crippen LogP contribution in [0, 0.1) is 0 Å². The molecular weight excluding hydrogens is 228 g/mol. The van der Waals surface area contributed by atoms with E-state index in [0.29, 0.717) is 11.3 Å². The molecule has 0 saturated carbocycles. The van der Waals surface area contributed by atoms with Crippen LogP contribution in [-0.2, 0) is 4.79 Å². The number of nitrogens with one attached hydrogen (secondary N) is 2. The summed E-state index contributed by atoms with van der Waals surface area (Å²) in [5.74, 6) is -0.769. The number of amides is 1. The van der Waals surface area contributed by atoms with Crippen LogP contribution in [0.4, 0.5) is 0 Å². The lowest BCUT2D eigenvalue weighted by molar-refractivity contribution is -0.115. The van der Waals surface area contributed by atoms with Gasteiger partial charge in [-0.3, -0.25) is 10.1 Å². The van der Waals surface area contributed by atoms with Crippen LogP contribution in [0.1, 0.15) is 5.56 Å². The Morgan fingerprint density at radius 1 is 1.19 bits per heavy atom. The molecule has 0 unspecified atom stereocenters. The van der Waals surface area contributed by atoms with Gasteiger partial charge in [0, 0.05) is 0 Å². The van der Waals surface area contributed by atoms with Gasteiger partial charge in [-0.15, -0.1) is 0 Å². The van der Waals surface area contributed by atoms with E-state index in [4.69, 9.17) is 17.3 Å². The van der Waals surface area contributed by atoms with E-state index in [9.17, 15) is 9.90 Å². The molecule has 0 aliphatic carbocycles. The summed E-state index contributed by atoms with van der Waals surface area (Å²) in [5.41, 5.74) is 0.882. The van der Waals surface area contributed by atoms with Crippen molar-refractivity contribution in [2.45, 2.75) is 0 Å². The highest BCUT2D eigenvalue weighted by atomic mass is 32.1. The molecule has 0 atom stereocenters. The monoisotopic (exact) mass is 236 g/mol. The van der Waals surface area contributed by atoms with Crippen LogP contribution >= 0.6 is 12.2 Å². The zero-order valence-corrected chi connectivity index (χ0v) is 8.84. The van der Waals surface area contributed by atoms with Gasteiger partial charge in [0.05, 0.1) is 0 Å². The normalized spacial score (nSPS) is 17.4. The fourth-order valence-electron chi connectivity index (χ4n) is 1.28. The number of thiocarbonyl (C=S) groups is 1. The zero-order chi connectivity index (χ0) is 11.7. The molecule has 4 N–H and O–H groups in total. The fourth-order valence-corrected chi connectivity index (χ4v) is 1.48. The second-order valence-corrected chi connectivity index (χ2v) is 3.62. The number of phenols is 2. The van der Waals surface area contributed by atoms with E-state index in [2.05, 4.69) is 10.6 Å². The summed E-state index contributed by atoms with van der Waals surface area (Å²) in [6.45, 7) is 0. The van der Waals surface area contributed by atoms with E-state index in [1.54, 1.807) is 6.07 Å². The first kappa shape index (κ1) is 10.4. The van der Waals surface area contributed by atoms with Gasteiger partial charge in [-0.25, -0.2) is 0 Å². The first-order chi connectivity index (χ1) is 7.56. The van der Waals surface area contributed by atoms with E-state index in [1.807, 2.05) is 0 Å². The molecule has 6 heteroatoms. The van der Waals surface area contributed by atoms with Crippen molar-refractivity contribution in [3.05, 3.63) is 29.5 Å². The second kappa shape index (κ2) is 3.82. The van der Waals surface area contributed by atoms with Crippen molar-refractivity contribution in [3.63, 3.8) is 0 Å². The van der Waals surface area contributed by atoms with Crippen molar-refractivity contribution in [1.82, 2.24) is 10.6 Å². The maximum absolute atomic E-state index is 11.3. The van der Waals surface area contributed by atoms with Crippen molar-refractivity contribution in [2.75, 3.05) is 0 Å². The van der Waals surface area contributed by atoms with Gasteiger partial charge in [0.2, 0.25) is 0 Å². The largest absolute Gasteiger partial charge is 0.504 e. The Kier molecular flexibility index (Phi) is 2.49. The predicted octanol–water partition coefficient (Wildman–Crippen LogP) is 0.443. The number of phenolic OH excluding ortho intramolecular Hbond substituents is 2. The van der Waals surface area contributed by atoms with E-state index in [-0.39, 0.29) is 22.5 Å². The molecule has 1 aromatic rings. The molecule has 1 aromatic carbocycles. The van der Waals surface area contributed by atoms with Crippen LogP contribution in [0.2, 0.25) is 0 Å². The zero-order valence-electron chi connectivity index (χ0n) is 8.02. The lowest BCUT2D eigenvalue weighted by Crippen LogP contribution is -2.21. The van der Waals surface area contributed by atoms with Crippen LogP contribution in [-0.4, -0.2) is 21.2 Å². The average molecular weight is 236 g/mol. The molecule has 0 aromatic heterocycles. The maximum atomic E-state index is 11.3. The molecular formula is C10H8N2O3S. The van der Waals surface area contributed by atoms with E-state index in [0.717, 1.165) is 0 Å². The highest BCUT2D eigenvalue weighted by Crippen LogP contribution is 2.25. The van der Waals surface area contributed by atoms with Gasteiger partial charge in [0.25, 0.3) is 5.91 Å². The number of carbonyl (C=O) groups excluding carboxylic acids is 1. The Hall–Kier alpha value is -2.08. The molecule has 82 valence electrons. The molecule has 0 spiro atoms. The van der Waals surface area contributed by atoms with Gasteiger partial charge in [-0.1, -0.05) is 6.07 Å².